The highest BCUT2D eigenvalue weighted by Gasteiger charge is 2.44. The minimum absolute atomic E-state index is 0.0802. The molecule has 1 aromatic rings. The monoisotopic (exact) mass is 319 g/mol. The molecule has 0 spiro atoms. The summed E-state index contributed by atoms with van der Waals surface area (Å²) in [7, 11) is 0. The van der Waals surface area contributed by atoms with E-state index >= 15 is 0 Å². The normalized spacial score (nSPS) is 19.5. The predicted octanol–water partition coefficient (Wildman–Crippen LogP) is 3.53. The number of carbonyl (C=O) groups excluding carboxylic acids is 1. The number of hydrogen-bond donors (Lipinski definition) is 2. The molecule has 0 unspecified atom stereocenters. The number of likely N-dealkylation sites (tertiary alicyclic amines) is 1. The molecule has 5 heteroatoms. The van der Waals surface area contributed by atoms with Crippen LogP contribution in [-0.2, 0) is 0 Å². The van der Waals surface area contributed by atoms with Gasteiger partial charge in [-0.3, -0.25) is 4.79 Å². The van der Waals surface area contributed by atoms with Crippen molar-refractivity contribution in [3.63, 3.8) is 0 Å². The van der Waals surface area contributed by atoms with E-state index in [0.29, 0.717) is 5.56 Å². The molecule has 1 aliphatic rings. The van der Waals surface area contributed by atoms with Crippen LogP contribution in [0.3, 0.4) is 0 Å². The van der Waals surface area contributed by atoms with Gasteiger partial charge in [-0.2, -0.15) is 0 Å². The van der Waals surface area contributed by atoms with Crippen LogP contribution < -0.4 is 11.1 Å². The first kappa shape index (κ1) is 16.7. The molecule has 1 aliphatic heterocycles. The van der Waals surface area contributed by atoms with Gasteiger partial charge in [0, 0.05) is 22.3 Å². The van der Waals surface area contributed by atoms with E-state index in [1.807, 2.05) is 29.2 Å². The maximum atomic E-state index is 13.0. The summed E-state index contributed by atoms with van der Waals surface area (Å²) < 4.78 is 0. The number of nitrogens with one attached hydrogen (secondary N) is 1. The van der Waals surface area contributed by atoms with E-state index in [0.717, 1.165) is 24.9 Å². The van der Waals surface area contributed by atoms with Crippen LogP contribution in [0.15, 0.2) is 24.3 Å². The van der Waals surface area contributed by atoms with Crippen LogP contribution >= 0.6 is 12.2 Å². The number of anilines is 1. The molecule has 0 radical (unpaired) electrons. The maximum Gasteiger partial charge on any atom is 0.254 e. The SMILES string of the molecule is CC1(C)CCCC(C)(C)N1C(=O)c1ccc(NC(N)=S)cc1. The summed E-state index contributed by atoms with van der Waals surface area (Å²) in [5, 5.41) is 3.09. The van der Waals surface area contributed by atoms with Crippen molar-refractivity contribution in [1.82, 2.24) is 4.90 Å². The van der Waals surface area contributed by atoms with Gasteiger partial charge in [0.05, 0.1) is 0 Å². The van der Waals surface area contributed by atoms with Gasteiger partial charge in [-0.05, 0) is 83.4 Å². The van der Waals surface area contributed by atoms with Gasteiger partial charge in [0.15, 0.2) is 5.11 Å². The van der Waals surface area contributed by atoms with Gasteiger partial charge in [0.2, 0.25) is 0 Å². The van der Waals surface area contributed by atoms with E-state index in [4.69, 9.17) is 18.0 Å². The molecule has 1 saturated heterocycles. The predicted molar refractivity (Wildman–Crippen MR) is 95.0 cm³/mol. The average molecular weight is 319 g/mol. The first-order valence-electron chi connectivity index (χ1n) is 7.65. The molecule has 0 saturated carbocycles. The molecule has 2 rings (SSSR count). The minimum Gasteiger partial charge on any atom is -0.376 e. The van der Waals surface area contributed by atoms with Crippen molar-refractivity contribution in [2.45, 2.75) is 58.0 Å². The number of nitrogens with zero attached hydrogens (tertiary/aromatic N) is 1. The van der Waals surface area contributed by atoms with E-state index in [2.05, 4.69) is 33.0 Å². The molecule has 0 aliphatic carbocycles. The molecule has 1 fully saturated rings. The van der Waals surface area contributed by atoms with Gasteiger partial charge in [0.25, 0.3) is 5.91 Å². The smallest absolute Gasteiger partial charge is 0.254 e. The van der Waals surface area contributed by atoms with E-state index in [9.17, 15) is 4.79 Å². The van der Waals surface area contributed by atoms with Gasteiger partial charge < -0.3 is 16.0 Å². The molecule has 0 atom stereocenters. The Bertz CT molecular complexity index is 562. The molecule has 0 aromatic heterocycles. The molecule has 120 valence electrons. The van der Waals surface area contributed by atoms with E-state index in [1.165, 1.54) is 0 Å². The highest BCUT2D eigenvalue weighted by molar-refractivity contribution is 7.80. The summed E-state index contributed by atoms with van der Waals surface area (Å²) in [4.78, 5) is 15.1. The van der Waals surface area contributed by atoms with Crippen molar-refractivity contribution in [1.29, 1.82) is 0 Å². The second-order valence-corrected chi connectivity index (χ2v) is 7.63. The van der Waals surface area contributed by atoms with Gasteiger partial charge in [0.1, 0.15) is 0 Å². The van der Waals surface area contributed by atoms with Crippen LogP contribution in [0.1, 0.15) is 57.3 Å². The Morgan fingerprint density at radius 2 is 1.64 bits per heavy atom. The van der Waals surface area contributed by atoms with Crippen LogP contribution in [0.4, 0.5) is 5.69 Å². The quantitative estimate of drug-likeness (QED) is 0.819. The standard InChI is InChI=1S/C17H25N3OS/c1-16(2)10-5-11-17(3,4)20(16)14(21)12-6-8-13(9-7-12)19-15(18)22/h6-9H,5,10-11H2,1-4H3,(H3,18,19,22). The van der Waals surface area contributed by atoms with Crippen LogP contribution in [0.2, 0.25) is 0 Å². The lowest BCUT2D eigenvalue weighted by Gasteiger charge is -2.53. The van der Waals surface area contributed by atoms with Gasteiger partial charge in [-0.15, -0.1) is 0 Å². The van der Waals surface area contributed by atoms with Crippen LogP contribution in [-0.4, -0.2) is 27.0 Å². The highest BCUT2D eigenvalue weighted by Crippen LogP contribution is 2.39. The fraction of sp³-hybridized carbons (Fsp3) is 0.529. The Balaban J connectivity index is 2.27. The Hall–Kier alpha value is -1.62. The Kier molecular flexibility index (Phi) is 4.47. The third-order valence-electron chi connectivity index (χ3n) is 4.39. The number of rotatable bonds is 2. The zero-order valence-corrected chi connectivity index (χ0v) is 14.6. The fourth-order valence-electron chi connectivity index (χ4n) is 3.51. The van der Waals surface area contributed by atoms with E-state index in [1.54, 1.807) is 0 Å². The lowest BCUT2D eigenvalue weighted by molar-refractivity contribution is -0.0111. The maximum absolute atomic E-state index is 13.0. The Labute approximate surface area is 138 Å². The van der Waals surface area contributed by atoms with Crippen molar-refractivity contribution in [2.75, 3.05) is 5.32 Å². The highest BCUT2D eigenvalue weighted by atomic mass is 32.1. The largest absolute Gasteiger partial charge is 0.376 e. The third kappa shape index (κ3) is 3.40. The lowest BCUT2D eigenvalue weighted by Crippen LogP contribution is -2.60. The summed E-state index contributed by atoms with van der Waals surface area (Å²) >= 11 is 4.82. The second kappa shape index (κ2) is 5.88. The van der Waals surface area contributed by atoms with Gasteiger partial charge in [-0.25, -0.2) is 0 Å². The van der Waals surface area contributed by atoms with E-state index < -0.39 is 0 Å². The molecule has 22 heavy (non-hydrogen) atoms. The zero-order valence-electron chi connectivity index (χ0n) is 13.8. The number of nitrogens with two attached hydrogens (primary N) is 1. The molecule has 0 bridgehead atoms. The Morgan fingerprint density at radius 3 is 2.09 bits per heavy atom. The Morgan fingerprint density at radius 1 is 1.14 bits per heavy atom. The van der Waals surface area contributed by atoms with Crippen LogP contribution in [0, 0.1) is 0 Å². The van der Waals surface area contributed by atoms with Crippen LogP contribution in [0.25, 0.3) is 0 Å². The summed E-state index contributed by atoms with van der Waals surface area (Å²) in [6.07, 6.45) is 3.22. The molecular weight excluding hydrogens is 294 g/mol. The lowest BCUT2D eigenvalue weighted by atomic mass is 9.79. The first-order chi connectivity index (χ1) is 10.1. The minimum atomic E-state index is -0.130. The summed E-state index contributed by atoms with van der Waals surface area (Å²) in [5.41, 5.74) is 6.68. The summed E-state index contributed by atoms with van der Waals surface area (Å²) in [5.74, 6) is 0.0802. The number of carbonyl (C=O) groups is 1. The van der Waals surface area contributed by atoms with Crippen molar-refractivity contribution in [2.24, 2.45) is 5.73 Å². The molecular formula is C17H25N3OS. The van der Waals surface area contributed by atoms with Crippen LogP contribution in [0.5, 0.6) is 0 Å². The van der Waals surface area contributed by atoms with Crippen molar-refractivity contribution >= 4 is 28.9 Å². The van der Waals surface area contributed by atoms with E-state index in [-0.39, 0.29) is 22.1 Å². The number of benzene rings is 1. The molecule has 3 N–H and O–H groups in total. The van der Waals surface area contributed by atoms with Crippen molar-refractivity contribution in [3.8, 4) is 0 Å². The number of hydrogen-bond acceptors (Lipinski definition) is 2. The molecule has 1 heterocycles. The first-order valence-corrected chi connectivity index (χ1v) is 8.05. The number of piperidine rings is 1. The summed E-state index contributed by atoms with van der Waals surface area (Å²) in [6, 6.07) is 7.31. The topological polar surface area (TPSA) is 58.4 Å². The molecule has 1 amide bonds. The molecule has 1 aromatic carbocycles. The van der Waals surface area contributed by atoms with Gasteiger partial charge in [-0.1, -0.05) is 0 Å². The van der Waals surface area contributed by atoms with Gasteiger partial charge >= 0.3 is 0 Å². The van der Waals surface area contributed by atoms with Crippen molar-refractivity contribution in [3.05, 3.63) is 29.8 Å². The second-order valence-electron chi connectivity index (χ2n) is 7.19. The fourth-order valence-corrected chi connectivity index (χ4v) is 3.63. The average Bonchev–Trinajstić information content (AvgIpc) is 2.36. The molecule has 4 nitrogen and oxygen atoms in total. The number of amides is 1. The zero-order chi connectivity index (χ0) is 16.5. The third-order valence-corrected chi connectivity index (χ3v) is 4.49. The summed E-state index contributed by atoms with van der Waals surface area (Å²) in [6.45, 7) is 8.59. The number of thiocarbonyl (C=S) groups is 1. The van der Waals surface area contributed by atoms with Crippen molar-refractivity contribution < 1.29 is 4.79 Å².